The van der Waals surface area contributed by atoms with Gasteiger partial charge in [0.15, 0.2) is 0 Å². The molecule has 1 aromatic heterocycles. The number of nitrogens with zero attached hydrogens (tertiary/aromatic N) is 2. The van der Waals surface area contributed by atoms with Gasteiger partial charge in [0, 0.05) is 30.8 Å². The average Bonchev–Trinajstić information content (AvgIpc) is 2.83. The van der Waals surface area contributed by atoms with Crippen LogP contribution in [0.5, 0.6) is 0 Å². The summed E-state index contributed by atoms with van der Waals surface area (Å²) >= 11 is 0. The third-order valence-corrected chi connectivity index (χ3v) is 5.79. The first-order chi connectivity index (χ1) is 16.7. The maximum Gasteiger partial charge on any atom is 0.416 e. The minimum absolute atomic E-state index is 0.00463. The van der Waals surface area contributed by atoms with Gasteiger partial charge in [0.2, 0.25) is 17.7 Å². The van der Waals surface area contributed by atoms with Crippen molar-refractivity contribution in [2.75, 3.05) is 16.8 Å². The lowest BCUT2D eigenvalue weighted by Gasteiger charge is -2.26. The molecule has 188 valence electrons. The van der Waals surface area contributed by atoms with Gasteiger partial charge in [-0.3, -0.25) is 14.4 Å². The first-order valence-electron chi connectivity index (χ1n) is 11.7. The fourth-order valence-electron chi connectivity index (χ4n) is 4.01. The third-order valence-electron chi connectivity index (χ3n) is 5.79. The number of carbonyl (C=O) groups is 3. The zero-order chi connectivity index (χ0) is 25.3. The number of rotatable bonds is 9. The van der Waals surface area contributed by atoms with Gasteiger partial charge in [0.1, 0.15) is 12.4 Å². The summed E-state index contributed by atoms with van der Waals surface area (Å²) in [6.07, 6.45) is 1.82. The molecule has 0 saturated heterocycles. The van der Waals surface area contributed by atoms with Crippen molar-refractivity contribution < 1.29 is 27.6 Å². The second-order valence-corrected chi connectivity index (χ2v) is 8.55. The van der Waals surface area contributed by atoms with Gasteiger partial charge in [-0.15, -0.1) is 0 Å². The summed E-state index contributed by atoms with van der Waals surface area (Å²) in [5.41, 5.74) is -0.920. The minimum atomic E-state index is -4.58. The van der Waals surface area contributed by atoms with Crippen molar-refractivity contribution in [2.45, 2.75) is 63.6 Å². The van der Waals surface area contributed by atoms with Gasteiger partial charge in [-0.05, 0) is 49.6 Å². The lowest BCUT2D eigenvalue weighted by molar-refractivity contribution is -0.137. The number of hydrogen-bond acceptors (Lipinski definition) is 4. The second kappa shape index (κ2) is 12.3. The molecule has 0 aliphatic heterocycles. The molecule has 7 nitrogen and oxygen atoms in total. The summed E-state index contributed by atoms with van der Waals surface area (Å²) in [6.45, 7) is -0.392. The van der Waals surface area contributed by atoms with Crippen LogP contribution in [0.1, 0.15) is 56.9 Å². The number of halogens is 3. The van der Waals surface area contributed by atoms with Crippen LogP contribution in [-0.2, 0) is 20.6 Å². The van der Waals surface area contributed by atoms with Gasteiger partial charge in [-0.25, -0.2) is 4.98 Å². The lowest BCUT2D eigenvalue weighted by Crippen LogP contribution is -2.45. The molecule has 0 radical (unpaired) electrons. The van der Waals surface area contributed by atoms with Crippen LogP contribution in [0, 0.1) is 0 Å². The molecule has 1 aliphatic rings. The Labute approximate surface area is 202 Å². The van der Waals surface area contributed by atoms with E-state index in [0.29, 0.717) is 5.82 Å². The van der Waals surface area contributed by atoms with Crippen LogP contribution in [0.15, 0.2) is 48.7 Å². The second-order valence-electron chi connectivity index (χ2n) is 8.55. The normalized spacial score (nSPS) is 14.3. The Morgan fingerprint density at radius 1 is 0.971 bits per heavy atom. The zero-order valence-electron chi connectivity index (χ0n) is 19.3. The summed E-state index contributed by atoms with van der Waals surface area (Å²) in [7, 11) is 0. The van der Waals surface area contributed by atoms with Crippen molar-refractivity contribution in [3.05, 3.63) is 54.2 Å². The quantitative estimate of drug-likeness (QED) is 0.534. The molecule has 35 heavy (non-hydrogen) atoms. The van der Waals surface area contributed by atoms with Crippen LogP contribution in [0.3, 0.4) is 0 Å². The molecule has 2 aromatic rings. The molecule has 0 atom stereocenters. The van der Waals surface area contributed by atoms with Crippen LogP contribution in [0.25, 0.3) is 0 Å². The van der Waals surface area contributed by atoms with E-state index < -0.39 is 30.1 Å². The molecule has 3 amide bonds. The molecule has 2 N–H and O–H groups in total. The predicted octanol–water partition coefficient (Wildman–Crippen LogP) is 4.69. The number of amides is 3. The van der Waals surface area contributed by atoms with Crippen molar-refractivity contribution in [1.29, 1.82) is 0 Å². The molecule has 0 bridgehead atoms. The molecule has 0 unspecified atom stereocenters. The molecule has 3 rings (SSSR count). The Morgan fingerprint density at radius 3 is 2.43 bits per heavy atom. The van der Waals surface area contributed by atoms with Crippen molar-refractivity contribution in [2.24, 2.45) is 0 Å². The van der Waals surface area contributed by atoms with E-state index in [-0.39, 0.29) is 36.9 Å². The Morgan fingerprint density at radius 2 is 1.74 bits per heavy atom. The van der Waals surface area contributed by atoms with Gasteiger partial charge in [0.05, 0.1) is 5.56 Å². The number of aromatic nitrogens is 1. The Kier molecular flexibility index (Phi) is 9.22. The first kappa shape index (κ1) is 26.2. The standard InChI is InChI=1S/C25H29F3N4O3/c26-25(27,28)18-8-6-11-20(16-18)32(17-23(34)30-19-9-2-1-3-10-19)24(35)14-7-13-22(33)31-21-12-4-5-15-29-21/h4-6,8,11-12,15-16,19H,1-3,7,9-10,13-14,17H2,(H,30,34)(H,29,31,33). The Bertz CT molecular complexity index is 1010. The van der Waals surface area contributed by atoms with Crippen molar-refractivity contribution >= 4 is 29.2 Å². The van der Waals surface area contributed by atoms with Crippen LogP contribution < -0.4 is 15.5 Å². The van der Waals surface area contributed by atoms with E-state index in [4.69, 9.17) is 0 Å². The number of hydrogen-bond donors (Lipinski definition) is 2. The van der Waals surface area contributed by atoms with Crippen LogP contribution in [0.4, 0.5) is 24.7 Å². The van der Waals surface area contributed by atoms with Crippen molar-refractivity contribution in [3.8, 4) is 0 Å². The number of anilines is 2. The monoisotopic (exact) mass is 490 g/mol. The summed E-state index contributed by atoms with van der Waals surface area (Å²) in [5, 5.41) is 5.51. The fraction of sp³-hybridized carbons (Fsp3) is 0.440. The molecule has 1 aromatic carbocycles. The van der Waals surface area contributed by atoms with E-state index in [2.05, 4.69) is 15.6 Å². The Hall–Kier alpha value is -3.43. The smallest absolute Gasteiger partial charge is 0.352 e. The number of alkyl halides is 3. The summed E-state index contributed by atoms with van der Waals surface area (Å²) < 4.78 is 39.7. The fourth-order valence-corrected chi connectivity index (χ4v) is 4.01. The maximum absolute atomic E-state index is 13.2. The number of nitrogens with one attached hydrogen (secondary N) is 2. The zero-order valence-corrected chi connectivity index (χ0v) is 19.3. The Balaban J connectivity index is 1.65. The molecule has 1 aliphatic carbocycles. The first-order valence-corrected chi connectivity index (χ1v) is 11.7. The predicted molar refractivity (Wildman–Crippen MR) is 126 cm³/mol. The highest BCUT2D eigenvalue weighted by atomic mass is 19.4. The van der Waals surface area contributed by atoms with Crippen molar-refractivity contribution in [1.82, 2.24) is 10.3 Å². The SMILES string of the molecule is O=C(CCCC(=O)N(CC(=O)NC1CCCCC1)c1cccc(C(F)(F)F)c1)Nc1ccccn1. The minimum Gasteiger partial charge on any atom is -0.352 e. The highest BCUT2D eigenvalue weighted by Crippen LogP contribution is 2.32. The van der Waals surface area contributed by atoms with Crippen molar-refractivity contribution in [3.63, 3.8) is 0 Å². The van der Waals surface area contributed by atoms with E-state index in [0.717, 1.165) is 49.1 Å². The topological polar surface area (TPSA) is 91.4 Å². The molecule has 1 saturated carbocycles. The molecular formula is C25H29F3N4O3. The molecule has 10 heteroatoms. The molecular weight excluding hydrogens is 461 g/mol. The van der Waals surface area contributed by atoms with Gasteiger partial charge in [-0.1, -0.05) is 31.4 Å². The maximum atomic E-state index is 13.2. The van der Waals surface area contributed by atoms with Crippen LogP contribution >= 0.6 is 0 Å². The third kappa shape index (κ3) is 8.38. The lowest BCUT2D eigenvalue weighted by atomic mass is 9.95. The molecule has 1 fully saturated rings. The summed E-state index contributed by atoms with van der Waals surface area (Å²) in [5.74, 6) is -0.907. The van der Waals surface area contributed by atoms with Gasteiger partial charge in [-0.2, -0.15) is 13.2 Å². The summed E-state index contributed by atoms with van der Waals surface area (Å²) in [6, 6.07) is 9.41. The van der Waals surface area contributed by atoms with E-state index in [9.17, 15) is 27.6 Å². The van der Waals surface area contributed by atoms with Gasteiger partial charge < -0.3 is 15.5 Å². The van der Waals surface area contributed by atoms with Gasteiger partial charge >= 0.3 is 6.18 Å². The highest BCUT2D eigenvalue weighted by molar-refractivity contribution is 5.99. The largest absolute Gasteiger partial charge is 0.416 e. The summed E-state index contributed by atoms with van der Waals surface area (Å²) in [4.78, 5) is 42.8. The number of pyridine rings is 1. The van der Waals surface area contributed by atoms with E-state index in [1.807, 2.05) is 0 Å². The van der Waals surface area contributed by atoms with E-state index in [1.54, 1.807) is 18.2 Å². The highest BCUT2D eigenvalue weighted by Gasteiger charge is 2.31. The average molecular weight is 491 g/mol. The van der Waals surface area contributed by atoms with Crippen LogP contribution in [-0.4, -0.2) is 35.3 Å². The van der Waals surface area contributed by atoms with E-state index >= 15 is 0 Å². The number of benzene rings is 1. The number of carbonyl (C=O) groups excluding carboxylic acids is 3. The van der Waals surface area contributed by atoms with Crippen LogP contribution in [0.2, 0.25) is 0 Å². The molecule has 0 spiro atoms. The van der Waals surface area contributed by atoms with Gasteiger partial charge in [0.25, 0.3) is 0 Å². The van der Waals surface area contributed by atoms with E-state index in [1.165, 1.54) is 18.3 Å². The molecule has 1 heterocycles.